The van der Waals surface area contributed by atoms with Crippen molar-refractivity contribution < 1.29 is 13.7 Å². The largest absolute Gasteiger partial charge is 0.611 e. The Morgan fingerprint density at radius 2 is 1.81 bits per heavy atom. The van der Waals surface area contributed by atoms with Crippen LogP contribution in [0.5, 0.6) is 5.75 Å². The van der Waals surface area contributed by atoms with Crippen molar-refractivity contribution in [2.75, 3.05) is 50.5 Å². The van der Waals surface area contributed by atoms with Crippen molar-refractivity contribution in [3.63, 3.8) is 0 Å². The third-order valence-corrected chi connectivity index (χ3v) is 6.50. The van der Waals surface area contributed by atoms with Gasteiger partial charge in [-0.3, -0.25) is 4.90 Å². The van der Waals surface area contributed by atoms with Crippen molar-refractivity contribution >= 4 is 28.5 Å². The molecule has 0 N–H and O–H groups in total. The highest BCUT2D eigenvalue weighted by molar-refractivity contribution is 7.91. The van der Waals surface area contributed by atoms with Gasteiger partial charge in [-0.25, -0.2) is 4.39 Å². The first-order valence-electron chi connectivity index (χ1n) is 9.02. The van der Waals surface area contributed by atoms with Gasteiger partial charge in [0.2, 0.25) is 0 Å². The predicted molar refractivity (Wildman–Crippen MR) is 109 cm³/mol. The lowest BCUT2D eigenvalue weighted by molar-refractivity contribution is 0.258. The highest BCUT2D eigenvalue weighted by Gasteiger charge is 2.21. The lowest BCUT2D eigenvalue weighted by atomic mass is 10.2. The average Bonchev–Trinajstić information content (AvgIpc) is 2.69. The SMILES string of the molecule is COc1c(Cl)cccc1N1CCN(CCC[S+]([O-])c2ccc(F)cc2)CC1. The van der Waals surface area contributed by atoms with Gasteiger partial charge in [-0.15, -0.1) is 0 Å². The zero-order valence-corrected chi connectivity index (χ0v) is 16.9. The second kappa shape index (κ2) is 9.64. The number of hydrogen-bond acceptors (Lipinski definition) is 4. The van der Waals surface area contributed by atoms with Gasteiger partial charge in [0.15, 0.2) is 10.6 Å². The van der Waals surface area contributed by atoms with Crippen molar-refractivity contribution in [1.29, 1.82) is 0 Å². The summed E-state index contributed by atoms with van der Waals surface area (Å²) in [5.74, 6) is 1.01. The van der Waals surface area contributed by atoms with E-state index in [4.69, 9.17) is 16.3 Å². The Hall–Kier alpha value is -1.47. The van der Waals surface area contributed by atoms with Crippen molar-refractivity contribution in [3.05, 3.63) is 53.3 Å². The van der Waals surface area contributed by atoms with Crippen LogP contribution in [0.4, 0.5) is 10.1 Å². The smallest absolute Gasteiger partial charge is 0.160 e. The van der Waals surface area contributed by atoms with Crippen LogP contribution in [0.1, 0.15) is 6.42 Å². The number of rotatable bonds is 7. The highest BCUT2D eigenvalue weighted by atomic mass is 35.5. The van der Waals surface area contributed by atoms with Crippen LogP contribution in [0.3, 0.4) is 0 Å². The standard InChI is InChI=1S/C20H24ClFN2O2S/c1-26-20-18(21)4-2-5-19(20)24-13-11-23(12-14-24)10-3-15-27(25)17-8-6-16(22)7-9-17/h2,4-9H,3,10-15H2,1H3. The first-order chi connectivity index (χ1) is 13.1. The fraction of sp³-hybridized carbons (Fsp3) is 0.400. The Balaban J connectivity index is 1.45. The van der Waals surface area contributed by atoms with Crippen LogP contribution in [0.25, 0.3) is 0 Å². The molecule has 0 aliphatic carbocycles. The molecule has 3 rings (SSSR count). The number of hydrogen-bond donors (Lipinski definition) is 0. The average molecular weight is 411 g/mol. The van der Waals surface area contributed by atoms with Crippen LogP contribution in [-0.2, 0) is 11.2 Å². The quantitative estimate of drug-likeness (QED) is 0.651. The molecule has 7 heteroatoms. The van der Waals surface area contributed by atoms with Gasteiger partial charge in [0.05, 0.1) is 17.8 Å². The lowest BCUT2D eigenvalue weighted by Crippen LogP contribution is -2.47. The Bertz CT molecular complexity index is 739. The summed E-state index contributed by atoms with van der Waals surface area (Å²) in [4.78, 5) is 5.36. The van der Waals surface area contributed by atoms with Crippen molar-refractivity contribution in [3.8, 4) is 5.75 Å². The minimum Gasteiger partial charge on any atom is -0.611 e. The van der Waals surface area contributed by atoms with Crippen molar-refractivity contribution in [1.82, 2.24) is 4.90 Å². The number of nitrogens with zero attached hydrogens (tertiary/aromatic N) is 2. The third-order valence-electron chi connectivity index (χ3n) is 4.74. The van der Waals surface area contributed by atoms with E-state index >= 15 is 0 Å². The van der Waals surface area contributed by atoms with Gasteiger partial charge in [0, 0.05) is 39.1 Å². The second-order valence-electron chi connectivity index (χ2n) is 6.48. The number of methoxy groups -OCH3 is 1. The summed E-state index contributed by atoms with van der Waals surface area (Å²) in [7, 11) is 1.64. The van der Waals surface area contributed by atoms with E-state index in [9.17, 15) is 8.94 Å². The number of benzene rings is 2. The van der Waals surface area contributed by atoms with Crippen LogP contribution >= 0.6 is 11.6 Å². The van der Waals surface area contributed by atoms with Gasteiger partial charge in [0.1, 0.15) is 11.6 Å². The van der Waals surface area contributed by atoms with E-state index in [2.05, 4.69) is 9.80 Å². The van der Waals surface area contributed by atoms with Gasteiger partial charge >= 0.3 is 0 Å². The molecule has 0 bridgehead atoms. The van der Waals surface area contributed by atoms with Crippen molar-refractivity contribution in [2.24, 2.45) is 0 Å². The summed E-state index contributed by atoms with van der Waals surface area (Å²) in [6, 6.07) is 11.7. The molecule has 27 heavy (non-hydrogen) atoms. The van der Waals surface area contributed by atoms with Crippen LogP contribution in [0.15, 0.2) is 47.4 Å². The zero-order chi connectivity index (χ0) is 19.2. The van der Waals surface area contributed by atoms with Gasteiger partial charge in [-0.1, -0.05) is 17.7 Å². The Kier molecular flexibility index (Phi) is 7.24. The van der Waals surface area contributed by atoms with Gasteiger partial charge in [-0.05, 0) is 47.6 Å². The first kappa shape index (κ1) is 20.3. The minimum absolute atomic E-state index is 0.301. The molecule has 2 aromatic rings. The molecule has 1 fully saturated rings. The first-order valence-corrected chi connectivity index (χ1v) is 10.7. The van der Waals surface area contributed by atoms with Gasteiger partial charge in [0.25, 0.3) is 0 Å². The fourth-order valence-corrected chi connectivity index (χ4v) is 4.60. The maximum absolute atomic E-state index is 12.9. The summed E-state index contributed by atoms with van der Waals surface area (Å²) in [5, 5.41) is 0.626. The molecule has 0 spiro atoms. The molecule has 1 saturated heterocycles. The molecule has 4 nitrogen and oxygen atoms in total. The van der Waals surface area contributed by atoms with Gasteiger partial charge in [-0.2, -0.15) is 0 Å². The van der Waals surface area contributed by atoms with E-state index in [-0.39, 0.29) is 5.82 Å². The van der Waals surface area contributed by atoms with E-state index < -0.39 is 11.2 Å². The lowest BCUT2D eigenvalue weighted by Gasteiger charge is -2.36. The van der Waals surface area contributed by atoms with E-state index in [1.54, 1.807) is 19.2 Å². The molecule has 0 radical (unpaired) electrons. The van der Waals surface area contributed by atoms with Crippen LogP contribution in [-0.4, -0.2) is 55.0 Å². The third kappa shape index (κ3) is 5.29. The number of anilines is 1. The number of ether oxygens (including phenoxy) is 1. The van der Waals surface area contributed by atoms with E-state index in [1.165, 1.54) is 12.1 Å². The topological polar surface area (TPSA) is 38.8 Å². The normalized spacial score (nSPS) is 16.4. The summed E-state index contributed by atoms with van der Waals surface area (Å²) < 4.78 is 30.7. The molecule has 1 unspecified atom stereocenters. The van der Waals surface area contributed by atoms with E-state index in [0.717, 1.165) is 50.6 Å². The summed E-state index contributed by atoms with van der Waals surface area (Å²) in [6.07, 6.45) is 0.852. The monoisotopic (exact) mass is 410 g/mol. The molecule has 0 amide bonds. The molecule has 0 aromatic heterocycles. The molecule has 0 saturated carbocycles. The molecule has 1 atom stereocenters. The number of para-hydroxylation sites is 1. The Morgan fingerprint density at radius 3 is 2.48 bits per heavy atom. The van der Waals surface area contributed by atoms with Crippen molar-refractivity contribution in [2.45, 2.75) is 11.3 Å². The predicted octanol–water partition coefficient (Wildman–Crippen LogP) is 3.81. The van der Waals surface area contributed by atoms with Gasteiger partial charge < -0.3 is 14.2 Å². The maximum Gasteiger partial charge on any atom is 0.160 e. The Morgan fingerprint density at radius 1 is 1.11 bits per heavy atom. The molecule has 1 aliphatic rings. The van der Waals surface area contributed by atoms with E-state index in [1.807, 2.05) is 18.2 Å². The van der Waals surface area contributed by atoms with Crippen LogP contribution in [0, 0.1) is 5.82 Å². The summed E-state index contributed by atoms with van der Waals surface area (Å²) in [6.45, 7) is 4.60. The second-order valence-corrected chi connectivity index (χ2v) is 8.46. The molecular weight excluding hydrogens is 387 g/mol. The minimum atomic E-state index is -1.07. The molecule has 146 valence electrons. The molecule has 1 heterocycles. The number of piperazine rings is 1. The van der Waals surface area contributed by atoms with E-state index in [0.29, 0.717) is 15.7 Å². The molecule has 1 aliphatic heterocycles. The summed E-state index contributed by atoms with van der Waals surface area (Å²) in [5.41, 5.74) is 1.03. The molecule has 2 aromatic carbocycles. The number of halogens is 2. The molecular formula is C20H24ClFN2O2S. The van der Waals surface area contributed by atoms with Crippen LogP contribution < -0.4 is 9.64 Å². The maximum atomic E-state index is 12.9. The zero-order valence-electron chi connectivity index (χ0n) is 15.4. The van der Waals surface area contributed by atoms with Crippen LogP contribution in [0.2, 0.25) is 5.02 Å². The Labute approximate surface area is 168 Å². The fourth-order valence-electron chi connectivity index (χ4n) is 3.28. The highest BCUT2D eigenvalue weighted by Crippen LogP contribution is 2.35. The summed E-state index contributed by atoms with van der Waals surface area (Å²) >= 11 is 5.15.